The number of hydrogen-bond acceptors (Lipinski definition) is 4. The van der Waals surface area contributed by atoms with E-state index in [-0.39, 0.29) is 42.3 Å². The number of carbonyl (C=O) groups is 2. The van der Waals surface area contributed by atoms with E-state index in [1.807, 2.05) is 29.7 Å². The van der Waals surface area contributed by atoms with Crippen molar-refractivity contribution in [3.05, 3.63) is 51.6 Å². The zero-order chi connectivity index (χ0) is 24.7. The summed E-state index contributed by atoms with van der Waals surface area (Å²) < 4.78 is 21.3. The number of likely N-dealkylation sites (tertiary alicyclic amines) is 1. The number of morpholine rings is 1. The number of rotatable bonds is 4. The largest absolute Gasteiger partial charge is 0.372 e. The molecule has 0 N–H and O–H groups in total. The molecule has 5 rings (SSSR count). The molecule has 0 spiro atoms. The lowest BCUT2D eigenvalue weighted by molar-refractivity contribution is -0.133. The molecule has 2 amide bonds. The summed E-state index contributed by atoms with van der Waals surface area (Å²) in [6.07, 6.45) is 4.14. The van der Waals surface area contributed by atoms with Crippen LogP contribution in [0.25, 0.3) is 0 Å². The Labute approximate surface area is 210 Å². The zero-order valence-electron chi connectivity index (χ0n) is 20.3. The van der Waals surface area contributed by atoms with Crippen LogP contribution in [0, 0.1) is 5.82 Å². The van der Waals surface area contributed by atoms with Crippen molar-refractivity contribution in [1.82, 2.24) is 19.6 Å². The molecule has 1 aromatic heterocycles. The first-order valence-corrected chi connectivity index (χ1v) is 12.9. The Hall–Kier alpha value is -2.45. The minimum Gasteiger partial charge on any atom is -0.372 e. The lowest BCUT2D eigenvalue weighted by Gasteiger charge is -2.35. The van der Waals surface area contributed by atoms with Gasteiger partial charge in [-0.15, -0.1) is 0 Å². The molecule has 0 bridgehead atoms. The van der Waals surface area contributed by atoms with Crippen molar-refractivity contribution < 1.29 is 18.7 Å². The maximum Gasteiger partial charge on any atom is 0.274 e. The molecule has 2 atom stereocenters. The molecule has 2 aromatic rings. The molecule has 7 nitrogen and oxygen atoms in total. The summed E-state index contributed by atoms with van der Waals surface area (Å²) in [6, 6.07) is 4.66. The predicted octanol–water partition coefficient (Wildman–Crippen LogP) is 3.82. The number of carbonyl (C=O) groups excluding carboxylic acids is 2. The second kappa shape index (κ2) is 9.90. The lowest BCUT2D eigenvalue weighted by atomic mass is 9.89. The van der Waals surface area contributed by atoms with Gasteiger partial charge in [0.25, 0.3) is 5.91 Å². The molecule has 0 saturated carbocycles. The summed E-state index contributed by atoms with van der Waals surface area (Å²) in [5.41, 5.74) is 3.40. The van der Waals surface area contributed by atoms with Crippen LogP contribution in [-0.4, -0.2) is 69.8 Å². The van der Waals surface area contributed by atoms with Gasteiger partial charge in [-0.05, 0) is 75.6 Å². The van der Waals surface area contributed by atoms with Crippen LogP contribution in [0.1, 0.15) is 66.3 Å². The van der Waals surface area contributed by atoms with Crippen molar-refractivity contribution >= 4 is 23.4 Å². The van der Waals surface area contributed by atoms with Crippen LogP contribution in [0.5, 0.6) is 0 Å². The van der Waals surface area contributed by atoms with Crippen molar-refractivity contribution in [2.75, 3.05) is 26.2 Å². The topological polar surface area (TPSA) is 67.7 Å². The van der Waals surface area contributed by atoms with E-state index in [0.717, 1.165) is 48.9 Å². The minimum absolute atomic E-state index is 0.00513. The highest BCUT2D eigenvalue weighted by Gasteiger charge is 2.33. The summed E-state index contributed by atoms with van der Waals surface area (Å²) in [7, 11) is 0. The van der Waals surface area contributed by atoms with Crippen LogP contribution in [0.15, 0.2) is 18.2 Å². The average molecular weight is 503 g/mol. The van der Waals surface area contributed by atoms with Crippen LogP contribution in [0.3, 0.4) is 0 Å². The summed E-state index contributed by atoms with van der Waals surface area (Å²) in [5.74, 6) is -0.204. The molecule has 2 aliphatic heterocycles. The van der Waals surface area contributed by atoms with Crippen molar-refractivity contribution in [3.63, 3.8) is 0 Å². The normalized spacial score (nSPS) is 23.0. The molecule has 35 heavy (non-hydrogen) atoms. The number of benzene rings is 1. The number of halogens is 2. The Morgan fingerprint density at radius 3 is 2.49 bits per heavy atom. The van der Waals surface area contributed by atoms with E-state index in [9.17, 15) is 14.0 Å². The van der Waals surface area contributed by atoms with E-state index in [1.54, 1.807) is 4.68 Å². The fourth-order valence-electron chi connectivity index (χ4n) is 5.81. The second-order valence-electron chi connectivity index (χ2n) is 10.1. The van der Waals surface area contributed by atoms with E-state index in [1.165, 1.54) is 12.1 Å². The number of aromatic nitrogens is 2. The standard InChI is InChI=1S/C26H32ClFN4O3/c1-16-13-31(14-17(2)35-16)26(34)25-22-4-3-5-23(22)32(29-25)15-24(33)30-8-6-18(7-9-30)19-10-20(27)12-21(28)11-19/h10-12,16-18H,3-9,13-15H2,1-2H3/t16-,17+. The summed E-state index contributed by atoms with van der Waals surface area (Å²) in [6.45, 7) is 6.41. The number of piperidine rings is 1. The number of hydrogen-bond donors (Lipinski definition) is 0. The first-order valence-electron chi connectivity index (χ1n) is 12.6. The third kappa shape index (κ3) is 5.09. The highest BCUT2D eigenvalue weighted by Crippen LogP contribution is 2.31. The Morgan fingerprint density at radius 2 is 1.80 bits per heavy atom. The SMILES string of the molecule is C[C@@H]1CN(C(=O)c2nn(CC(=O)N3CCC(c4cc(F)cc(Cl)c4)CC3)c3c2CCC3)C[C@H](C)O1. The Morgan fingerprint density at radius 1 is 1.09 bits per heavy atom. The van der Waals surface area contributed by atoms with Crippen LogP contribution < -0.4 is 0 Å². The van der Waals surface area contributed by atoms with Gasteiger partial charge in [-0.25, -0.2) is 4.39 Å². The van der Waals surface area contributed by atoms with Crippen molar-refractivity contribution in [3.8, 4) is 0 Å². The van der Waals surface area contributed by atoms with Gasteiger partial charge >= 0.3 is 0 Å². The quantitative estimate of drug-likeness (QED) is 0.637. The van der Waals surface area contributed by atoms with Gasteiger partial charge in [0.15, 0.2) is 5.69 Å². The lowest BCUT2D eigenvalue weighted by Crippen LogP contribution is -2.48. The molecule has 3 aliphatic rings. The monoisotopic (exact) mass is 502 g/mol. The first kappa shape index (κ1) is 24.3. The second-order valence-corrected chi connectivity index (χ2v) is 10.5. The van der Waals surface area contributed by atoms with Crippen LogP contribution >= 0.6 is 11.6 Å². The van der Waals surface area contributed by atoms with E-state index < -0.39 is 0 Å². The molecular formula is C26H32ClFN4O3. The van der Waals surface area contributed by atoms with Crippen LogP contribution in [-0.2, 0) is 28.9 Å². The van der Waals surface area contributed by atoms with Gasteiger partial charge in [0, 0.05) is 42.5 Å². The first-order chi connectivity index (χ1) is 16.8. The molecule has 9 heteroatoms. The zero-order valence-corrected chi connectivity index (χ0v) is 21.1. The molecule has 2 saturated heterocycles. The maximum atomic E-state index is 13.8. The highest BCUT2D eigenvalue weighted by molar-refractivity contribution is 6.30. The van der Waals surface area contributed by atoms with Gasteiger partial charge in [-0.2, -0.15) is 5.10 Å². The third-order valence-corrected chi connectivity index (χ3v) is 7.62. The summed E-state index contributed by atoms with van der Waals surface area (Å²) in [5, 5.41) is 5.05. The van der Waals surface area contributed by atoms with Gasteiger partial charge in [-0.3, -0.25) is 14.3 Å². The van der Waals surface area contributed by atoms with Crippen molar-refractivity contribution in [1.29, 1.82) is 0 Å². The van der Waals surface area contributed by atoms with E-state index in [2.05, 4.69) is 5.10 Å². The summed E-state index contributed by atoms with van der Waals surface area (Å²) >= 11 is 6.03. The average Bonchev–Trinajstić information content (AvgIpc) is 3.41. The summed E-state index contributed by atoms with van der Waals surface area (Å²) in [4.78, 5) is 30.2. The number of ether oxygens (including phenoxy) is 1. The van der Waals surface area contributed by atoms with Gasteiger partial charge in [0.2, 0.25) is 5.91 Å². The fourth-order valence-corrected chi connectivity index (χ4v) is 6.04. The maximum absolute atomic E-state index is 13.8. The molecule has 1 aromatic carbocycles. The molecule has 2 fully saturated rings. The molecule has 0 unspecified atom stereocenters. The van der Waals surface area contributed by atoms with E-state index >= 15 is 0 Å². The van der Waals surface area contributed by atoms with Gasteiger partial charge in [-0.1, -0.05) is 11.6 Å². The van der Waals surface area contributed by atoms with Gasteiger partial charge in [0.05, 0.1) is 12.2 Å². The smallest absolute Gasteiger partial charge is 0.274 e. The Balaban J connectivity index is 1.25. The van der Waals surface area contributed by atoms with E-state index in [0.29, 0.717) is 36.9 Å². The van der Waals surface area contributed by atoms with Crippen LogP contribution in [0.4, 0.5) is 4.39 Å². The highest BCUT2D eigenvalue weighted by atomic mass is 35.5. The van der Waals surface area contributed by atoms with Crippen molar-refractivity contribution in [2.45, 2.75) is 70.6 Å². The molecule has 1 aliphatic carbocycles. The van der Waals surface area contributed by atoms with E-state index in [4.69, 9.17) is 16.3 Å². The number of fused-ring (bicyclic) bond motifs is 1. The molecule has 188 valence electrons. The Kier molecular flexibility index (Phi) is 6.86. The predicted molar refractivity (Wildman–Crippen MR) is 130 cm³/mol. The van der Waals surface area contributed by atoms with Crippen molar-refractivity contribution in [2.24, 2.45) is 0 Å². The molecular weight excluding hydrogens is 471 g/mol. The van der Waals surface area contributed by atoms with Gasteiger partial charge in [0.1, 0.15) is 12.4 Å². The molecule has 0 radical (unpaired) electrons. The molecule has 3 heterocycles. The van der Waals surface area contributed by atoms with Crippen LogP contribution in [0.2, 0.25) is 5.02 Å². The minimum atomic E-state index is -0.329. The third-order valence-electron chi connectivity index (χ3n) is 7.41. The fraction of sp³-hybridized carbons (Fsp3) is 0.577. The van der Waals surface area contributed by atoms with Gasteiger partial charge < -0.3 is 14.5 Å². The number of nitrogens with zero attached hydrogens (tertiary/aromatic N) is 4. The number of amides is 2. The Bertz CT molecular complexity index is 1100.